The van der Waals surface area contributed by atoms with Gasteiger partial charge in [-0.3, -0.25) is 0 Å². The quantitative estimate of drug-likeness (QED) is 0.791. The van der Waals surface area contributed by atoms with Crippen molar-refractivity contribution in [2.24, 2.45) is 5.73 Å². The molecule has 3 rings (SSSR count). The standard InChI is InChI=1S/C13H15ClN4O2/c14-8-5-9-11(10(6-8)20-13(15)19)18-12(17-9)7-1-3-16-4-2-7/h5-7,16H,1-4H2,(H2,15,19)(H,17,18). The third kappa shape index (κ3) is 2.57. The van der Waals surface area contributed by atoms with Crippen LogP contribution in [-0.4, -0.2) is 29.2 Å². The summed E-state index contributed by atoms with van der Waals surface area (Å²) >= 11 is 6.01. The fourth-order valence-corrected chi connectivity index (χ4v) is 2.75. The van der Waals surface area contributed by atoms with E-state index in [2.05, 4.69) is 15.3 Å². The summed E-state index contributed by atoms with van der Waals surface area (Å²) in [7, 11) is 0. The van der Waals surface area contributed by atoms with E-state index in [1.807, 2.05) is 0 Å². The number of ether oxygens (including phenoxy) is 1. The Balaban J connectivity index is 2.02. The van der Waals surface area contributed by atoms with Crippen molar-refractivity contribution in [3.63, 3.8) is 0 Å². The van der Waals surface area contributed by atoms with Crippen molar-refractivity contribution < 1.29 is 9.53 Å². The average Bonchev–Trinajstić information content (AvgIpc) is 2.83. The Labute approximate surface area is 120 Å². The molecule has 2 aromatic rings. The van der Waals surface area contributed by atoms with Gasteiger partial charge in [-0.15, -0.1) is 0 Å². The van der Waals surface area contributed by atoms with E-state index in [1.54, 1.807) is 12.1 Å². The van der Waals surface area contributed by atoms with Crippen LogP contribution in [0.4, 0.5) is 4.79 Å². The normalized spacial score (nSPS) is 16.4. The average molecular weight is 295 g/mol. The smallest absolute Gasteiger partial charge is 0.408 e. The van der Waals surface area contributed by atoms with Gasteiger partial charge >= 0.3 is 6.09 Å². The second-order valence-corrected chi connectivity index (χ2v) is 5.30. The molecule has 1 aliphatic rings. The number of rotatable bonds is 2. The molecule has 1 aliphatic heterocycles. The van der Waals surface area contributed by atoms with Crippen LogP contribution in [-0.2, 0) is 0 Å². The molecule has 1 aromatic carbocycles. The van der Waals surface area contributed by atoms with Crippen molar-refractivity contribution in [1.82, 2.24) is 15.3 Å². The number of hydrogen-bond acceptors (Lipinski definition) is 4. The van der Waals surface area contributed by atoms with Gasteiger partial charge in [0, 0.05) is 17.0 Å². The maximum absolute atomic E-state index is 10.9. The summed E-state index contributed by atoms with van der Waals surface area (Å²) in [5.41, 5.74) is 6.40. The number of halogens is 1. The van der Waals surface area contributed by atoms with Crippen LogP contribution in [0.2, 0.25) is 5.02 Å². The molecule has 106 valence electrons. The first-order valence-electron chi connectivity index (χ1n) is 6.50. The van der Waals surface area contributed by atoms with Crippen molar-refractivity contribution in [3.8, 4) is 5.75 Å². The maximum atomic E-state index is 10.9. The van der Waals surface area contributed by atoms with E-state index < -0.39 is 6.09 Å². The van der Waals surface area contributed by atoms with Crippen molar-refractivity contribution in [2.45, 2.75) is 18.8 Å². The van der Waals surface area contributed by atoms with Crippen molar-refractivity contribution in [2.75, 3.05) is 13.1 Å². The number of nitrogens with zero attached hydrogens (tertiary/aromatic N) is 1. The number of H-pyrrole nitrogens is 1. The van der Waals surface area contributed by atoms with E-state index in [0.29, 0.717) is 16.5 Å². The lowest BCUT2D eigenvalue weighted by Crippen LogP contribution is -2.27. The first kappa shape index (κ1) is 13.2. The van der Waals surface area contributed by atoms with Crippen LogP contribution in [0.15, 0.2) is 12.1 Å². The molecule has 1 fully saturated rings. The van der Waals surface area contributed by atoms with E-state index in [0.717, 1.165) is 37.3 Å². The molecule has 0 atom stereocenters. The molecule has 0 bridgehead atoms. The largest absolute Gasteiger partial charge is 0.410 e. The summed E-state index contributed by atoms with van der Waals surface area (Å²) in [4.78, 5) is 18.8. The monoisotopic (exact) mass is 294 g/mol. The van der Waals surface area contributed by atoms with Crippen LogP contribution in [0.3, 0.4) is 0 Å². The van der Waals surface area contributed by atoms with Gasteiger partial charge in [0.2, 0.25) is 0 Å². The minimum Gasteiger partial charge on any atom is -0.408 e. The van der Waals surface area contributed by atoms with E-state index >= 15 is 0 Å². The van der Waals surface area contributed by atoms with Gasteiger partial charge in [0.15, 0.2) is 5.75 Å². The number of aromatic nitrogens is 2. The van der Waals surface area contributed by atoms with Gasteiger partial charge in [0.05, 0.1) is 5.52 Å². The zero-order valence-electron chi connectivity index (χ0n) is 10.8. The molecule has 1 amide bonds. The minimum absolute atomic E-state index is 0.288. The number of primary amides is 1. The zero-order chi connectivity index (χ0) is 14.1. The Morgan fingerprint density at radius 1 is 1.40 bits per heavy atom. The fraction of sp³-hybridized carbons (Fsp3) is 0.385. The fourth-order valence-electron chi connectivity index (χ4n) is 2.55. The third-order valence-corrected chi connectivity index (χ3v) is 3.69. The molecule has 20 heavy (non-hydrogen) atoms. The Bertz CT molecular complexity index is 649. The topological polar surface area (TPSA) is 93.0 Å². The molecule has 1 aromatic heterocycles. The van der Waals surface area contributed by atoms with Gasteiger partial charge < -0.3 is 20.8 Å². The van der Waals surface area contributed by atoms with Crippen LogP contribution < -0.4 is 15.8 Å². The maximum Gasteiger partial charge on any atom is 0.410 e. The lowest BCUT2D eigenvalue weighted by Gasteiger charge is -2.20. The number of carbonyl (C=O) groups excluding carboxylic acids is 1. The number of imidazole rings is 1. The summed E-state index contributed by atoms with van der Waals surface area (Å²) in [6.07, 6.45) is 1.18. The molecular weight excluding hydrogens is 280 g/mol. The zero-order valence-corrected chi connectivity index (χ0v) is 11.5. The second kappa shape index (κ2) is 5.30. The van der Waals surface area contributed by atoms with Gasteiger partial charge in [-0.1, -0.05) is 11.6 Å². The van der Waals surface area contributed by atoms with Gasteiger partial charge in [0.1, 0.15) is 11.3 Å². The molecule has 0 spiro atoms. The Morgan fingerprint density at radius 3 is 2.85 bits per heavy atom. The summed E-state index contributed by atoms with van der Waals surface area (Å²) < 4.78 is 4.97. The first-order chi connectivity index (χ1) is 9.63. The van der Waals surface area contributed by atoms with Crippen LogP contribution >= 0.6 is 11.6 Å². The van der Waals surface area contributed by atoms with Crippen LogP contribution in [0.1, 0.15) is 24.6 Å². The molecule has 0 aliphatic carbocycles. The molecular formula is C13H15ClN4O2. The molecule has 4 N–H and O–H groups in total. The third-order valence-electron chi connectivity index (χ3n) is 3.47. The van der Waals surface area contributed by atoms with Gasteiger partial charge in [0.25, 0.3) is 0 Å². The van der Waals surface area contributed by atoms with E-state index in [9.17, 15) is 4.79 Å². The minimum atomic E-state index is -0.875. The number of carbonyl (C=O) groups is 1. The number of piperidine rings is 1. The number of hydrogen-bond donors (Lipinski definition) is 3. The number of amides is 1. The highest BCUT2D eigenvalue weighted by Crippen LogP contribution is 2.32. The predicted molar refractivity (Wildman–Crippen MR) is 76.2 cm³/mol. The molecule has 0 radical (unpaired) electrons. The molecule has 2 heterocycles. The molecule has 0 unspecified atom stereocenters. The lowest BCUT2D eigenvalue weighted by atomic mass is 9.98. The first-order valence-corrected chi connectivity index (χ1v) is 6.88. The van der Waals surface area contributed by atoms with E-state index in [1.165, 1.54) is 0 Å². The van der Waals surface area contributed by atoms with E-state index in [-0.39, 0.29) is 5.75 Å². The summed E-state index contributed by atoms with van der Waals surface area (Å²) in [6, 6.07) is 3.31. The Morgan fingerprint density at radius 2 is 2.15 bits per heavy atom. The van der Waals surface area contributed by atoms with Crippen LogP contribution in [0.5, 0.6) is 5.75 Å². The molecule has 6 nitrogen and oxygen atoms in total. The van der Waals surface area contributed by atoms with Crippen molar-refractivity contribution >= 4 is 28.7 Å². The lowest BCUT2D eigenvalue weighted by molar-refractivity contribution is 0.211. The highest BCUT2D eigenvalue weighted by Gasteiger charge is 2.20. The Kier molecular flexibility index (Phi) is 3.50. The van der Waals surface area contributed by atoms with Crippen LogP contribution in [0.25, 0.3) is 11.0 Å². The second-order valence-electron chi connectivity index (χ2n) is 4.87. The number of aromatic amines is 1. The summed E-state index contributed by atoms with van der Waals surface area (Å²) in [5, 5.41) is 3.78. The number of fused-ring (bicyclic) bond motifs is 1. The van der Waals surface area contributed by atoms with Crippen molar-refractivity contribution in [1.29, 1.82) is 0 Å². The summed E-state index contributed by atoms with van der Waals surface area (Å²) in [6.45, 7) is 1.96. The van der Waals surface area contributed by atoms with E-state index in [4.69, 9.17) is 22.1 Å². The van der Waals surface area contributed by atoms with Crippen LogP contribution in [0, 0.1) is 0 Å². The number of nitrogens with two attached hydrogens (primary N) is 1. The molecule has 7 heteroatoms. The number of benzene rings is 1. The highest BCUT2D eigenvalue weighted by atomic mass is 35.5. The highest BCUT2D eigenvalue weighted by molar-refractivity contribution is 6.31. The summed E-state index contributed by atoms with van der Waals surface area (Å²) in [5.74, 6) is 1.57. The van der Waals surface area contributed by atoms with Crippen molar-refractivity contribution in [3.05, 3.63) is 23.0 Å². The number of nitrogens with one attached hydrogen (secondary N) is 2. The van der Waals surface area contributed by atoms with Gasteiger partial charge in [-0.05, 0) is 32.0 Å². The predicted octanol–water partition coefficient (Wildman–Crippen LogP) is 2.14. The van der Waals surface area contributed by atoms with Gasteiger partial charge in [-0.2, -0.15) is 0 Å². The SMILES string of the molecule is NC(=O)Oc1cc(Cl)cc2[nH]c(C3CCNCC3)nc12. The molecule has 1 saturated heterocycles. The molecule has 0 saturated carbocycles. The van der Waals surface area contributed by atoms with Gasteiger partial charge in [-0.25, -0.2) is 9.78 Å². The Hall–Kier alpha value is -1.79.